The second-order valence-corrected chi connectivity index (χ2v) is 7.29. The van der Waals surface area contributed by atoms with E-state index >= 15 is 0 Å². The minimum Gasteiger partial charge on any atom is -0.376 e. The van der Waals surface area contributed by atoms with Crippen LogP contribution in [0.3, 0.4) is 0 Å². The maximum absolute atomic E-state index is 13.6. The van der Waals surface area contributed by atoms with Gasteiger partial charge in [0.25, 0.3) is 0 Å². The zero-order valence-corrected chi connectivity index (χ0v) is 15.0. The van der Waals surface area contributed by atoms with Gasteiger partial charge < -0.3 is 10.4 Å². The third-order valence-electron chi connectivity index (χ3n) is 3.72. The Hall–Kier alpha value is -1.27. The molecule has 0 saturated carbocycles. The van der Waals surface area contributed by atoms with Gasteiger partial charge in [-0.05, 0) is 24.6 Å². The average molecular weight is 366 g/mol. The van der Waals surface area contributed by atoms with E-state index in [1.807, 2.05) is 0 Å². The minimum atomic E-state index is -4.89. The molecule has 1 atom stereocenters. The lowest BCUT2D eigenvalue weighted by molar-refractivity contribution is -0.269. The number of nitrogens with one attached hydrogen (secondary N) is 1. The van der Waals surface area contributed by atoms with E-state index in [0.29, 0.717) is 6.42 Å². The van der Waals surface area contributed by atoms with Gasteiger partial charge >= 0.3 is 6.18 Å². The highest BCUT2D eigenvalue weighted by Crippen LogP contribution is 2.46. The molecule has 24 heavy (non-hydrogen) atoms. The molecule has 0 heterocycles. The van der Waals surface area contributed by atoms with Crippen LogP contribution in [0.1, 0.15) is 52.5 Å². The lowest BCUT2D eigenvalue weighted by Crippen LogP contribution is -2.43. The number of benzene rings is 1. The number of alkyl halides is 3. The van der Waals surface area contributed by atoms with Crippen molar-refractivity contribution in [1.82, 2.24) is 0 Å². The SMILES string of the molecule is CCCCC(O)(c1cc(Cl)ccc1NC(=O)C(C)(C)C)C(F)(F)F. The molecule has 0 aromatic heterocycles. The normalized spacial score (nSPS) is 15.0. The Balaban J connectivity index is 3.43. The topological polar surface area (TPSA) is 49.3 Å². The number of amides is 1. The van der Waals surface area contributed by atoms with Crippen LogP contribution >= 0.6 is 11.6 Å². The van der Waals surface area contributed by atoms with E-state index in [-0.39, 0.29) is 17.1 Å². The Labute approximate surface area is 145 Å². The summed E-state index contributed by atoms with van der Waals surface area (Å²) in [6.45, 7) is 6.66. The van der Waals surface area contributed by atoms with Crippen LogP contribution in [0, 0.1) is 5.41 Å². The number of carbonyl (C=O) groups is 1. The molecule has 7 heteroatoms. The van der Waals surface area contributed by atoms with Crippen molar-refractivity contribution in [3.8, 4) is 0 Å². The van der Waals surface area contributed by atoms with Crippen molar-refractivity contribution in [2.75, 3.05) is 5.32 Å². The van der Waals surface area contributed by atoms with Crippen molar-refractivity contribution in [2.24, 2.45) is 5.41 Å². The first-order valence-corrected chi connectivity index (χ1v) is 8.11. The molecule has 0 aliphatic rings. The number of rotatable bonds is 5. The van der Waals surface area contributed by atoms with Gasteiger partial charge in [-0.1, -0.05) is 52.1 Å². The number of hydrogen-bond donors (Lipinski definition) is 2. The van der Waals surface area contributed by atoms with Gasteiger partial charge in [0.15, 0.2) is 5.60 Å². The van der Waals surface area contributed by atoms with Crippen molar-refractivity contribution in [3.63, 3.8) is 0 Å². The van der Waals surface area contributed by atoms with Crippen molar-refractivity contribution in [1.29, 1.82) is 0 Å². The van der Waals surface area contributed by atoms with Crippen molar-refractivity contribution >= 4 is 23.2 Å². The van der Waals surface area contributed by atoms with E-state index in [1.54, 1.807) is 27.7 Å². The van der Waals surface area contributed by atoms with Gasteiger partial charge in [0.1, 0.15) is 0 Å². The summed E-state index contributed by atoms with van der Waals surface area (Å²) in [4.78, 5) is 12.2. The van der Waals surface area contributed by atoms with Crippen LogP contribution in [0.15, 0.2) is 18.2 Å². The van der Waals surface area contributed by atoms with Crippen molar-refractivity contribution in [2.45, 2.75) is 58.7 Å². The molecule has 0 spiro atoms. The fourth-order valence-corrected chi connectivity index (χ4v) is 2.31. The predicted octanol–water partition coefficient (Wildman–Crippen LogP) is 5.26. The summed E-state index contributed by atoms with van der Waals surface area (Å²) >= 11 is 5.84. The van der Waals surface area contributed by atoms with Gasteiger partial charge in [-0.25, -0.2) is 0 Å². The van der Waals surface area contributed by atoms with Gasteiger partial charge in [-0.3, -0.25) is 4.79 Å². The standard InChI is InChI=1S/C17H23ClF3NO2/c1-5-6-9-16(24,17(19,20)21)12-10-11(18)7-8-13(12)22-14(23)15(2,3)4/h7-8,10,24H,5-6,9H2,1-4H3,(H,22,23). The van der Waals surface area contributed by atoms with E-state index < -0.39 is 35.1 Å². The first kappa shape index (κ1) is 20.8. The predicted molar refractivity (Wildman–Crippen MR) is 89.0 cm³/mol. The number of unbranched alkanes of at least 4 members (excludes halogenated alkanes) is 1. The summed E-state index contributed by atoms with van der Waals surface area (Å²) in [5, 5.41) is 13.0. The van der Waals surface area contributed by atoms with E-state index in [0.717, 1.165) is 6.07 Å². The summed E-state index contributed by atoms with van der Waals surface area (Å²) in [6.07, 6.45) is -4.74. The van der Waals surface area contributed by atoms with Crippen LogP contribution in [-0.4, -0.2) is 17.2 Å². The summed E-state index contributed by atoms with van der Waals surface area (Å²) in [6, 6.07) is 3.72. The van der Waals surface area contributed by atoms with Crippen LogP contribution in [0.5, 0.6) is 0 Å². The largest absolute Gasteiger partial charge is 0.421 e. The van der Waals surface area contributed by atoms with Crippen molar-refractivity contribution < 1.29 is 23.1 Å². The van der Waals surface area contributed by atoms with Gasteiger partial charge in [0.2, 0.25) is 5.91 Å². The van der Waals surface area contributed by atoms with E-state index in [1.165, 1.54) is 12.1 Å². The molecule has 3 nitrogen and oxygen atoms in total. The van der Waals surface area contributed by atoms with Gasteiger partial charge in [0.05, 0.1) is 0 Å². The number of aliphatic hydroxyl groups is 1. The Morgan fingerprint density at radius 2 is 1.83 bits per heavy atom. The molecule has 1 aromatic carbocycles. The van der Waals surface area contributed by atoms with Crippen LogP contribution in [-0.2, 0) is 10.4 Å². The van der Waals surface area contributed by atoms with Crippen LogP contribution in [0.25, 0.3) is 0 Å². The molecule has 0 fully saturated rings. The molecule has 0 aliphatic carbocycles. The zero-order valence-electron chi connectivity index (χ0n) is 14.2. The third-order valence-corrected chi connectivity index (χ3v) is 3.95. The molecule has 136 valence electrons. The maximum atomic E-state index is 13.6. The highest BCUT2D eigenvalue weighted by molar-refractivity contribution is 6.30. The molecule has 1 unspecified atom stereocenters. The smallest absolute Gasteiger partial charge is 0.376 e. The van der Waals surface area contributed by atoms with Crippen LogP contribution in [0.2, 0.25) is 5.02 Å². The molecular weight excluding hydrogens is 343 g/mol. The molecular formula is C17H23ClF3NO2. The fraction of sp³-hybridized carbons (Fsp3) is 0.588. The molecule has 0 bridgehead atoms. The second-order valence-electron chi connectivity index (χ2n) is 6.86. The first-order chi connectivity index (χ1) is 10.8. The minimum absolute atomic E-state index is 0.0536. The molecule has 0 saturated heterocycles. The highest BCUT2D eigenvalue weighted by atomic mass is 35.5. The molecule has 1 aromatic rings. The number of carbonyl (C=O) groups excluding carboxylic acids is 1. The Kier molecular flexibility index (Phi) is 6.33. The summed E-state index contributed by atoms with van der Waals surface area (Å²) < 4.78 is 40.8. The van der Waals surface area contributed by atoms with Crippen LogP contribution in [0.4, 0.5) is 18.9 Å². The van der Waals surface area contributed by atoms with Crippen molar-refractivity contribution in [3.05, 3.63) is 28.8 Å². The van der Waals surface area contributed by atoms with Gasteiger partial charge in [-0.15, -0.1) is 0 Å². The zero-order chi connectivity index (χ0) is 18.8. The highest BCUT2D eigenvalue weighted by Gasteiger charge is 2.55. The third kappa shape index (κ3) is 4.63. The lowest BCUT2D eigenvalue weighted by atomic mass is 9.86. The number of anilines is 1. The second kappa shape index (κ2) is 7.31. The molecule has 1 rings (SSSR count). The van der Waals surface area contributed by atoms with Gasteiger partial charge in [-0.2, -0.15) is 13.2 Å². The molecule has 2 N–H and O–H groups in total. The Morgan fingerprint density at radius 3 is 2.29 bits per heavy atom. The monoisotopic (exact) mass is 365 g/mol. The van der Waals surface area contributed by atoms with Crippen LogP contribution < -0.4 is 5.32 Å². The lowest BCUT2D eigenvalue weighted by Gasteiger charge is -2.33. The van der Waals surface area contributed by atoms with Gasteiger partial charge in [0, 0.05) is 21.7 Å². The quantitative estimate of drug-likeness (QED) is 0.747. The number of hydrogen-bond acceptors (Lipinski definition) is 2. The average Bonchev–Trinajstić information content (AvgIpc) is 2.44. The maximum Gasteiger partial charge on any atom is 0.421 e. The first-order valence-electron chi connectivity index (χ1n) is 7.73. The van der Waals surface area contributed by atoms with E-state index in [9.17, 15) is 23.1 Å². The summed E-state index contributed by atoms with van der Waals surface area (Å²) in [5.41, 5.74) is -4.39. The summed E-state index contributed by atoms with van der Waals surface area (Å²) in [7, 11) is 0. The number of halogens is 4. The fourth-order valence-electron chi connectivity index (χ4n) is 2.14. The molecule has 0 radical (unpaired) electrons. The Morgan fingerprint density at radius 1 is 1.25 bits per heavy atom. The summed E-state index contributed by atoms with van der Waals surface area (Å²) in [5.74, 6) is -0.453. The Bertz CT molecular complexity index is 596. The van der Waals surface area contributed by atoms with E-state index in [2.05, 4.69) is 5.32 Å². The molecule has 0 aliphatic heterocycles. The molecule has 1 amide bonds. The van der Waals surface area contributed by atoms with E-state index in [4.69, 9.17) is 11.6 Å².